The normalized spacial score (nSPS) is 11.2. The van der Waals surface area contributed by atoms with Crippen LogP contribution in [0, 0.1) is 0 Å². The standard InChI is InChI=1S/C27H23ClN2O7S/c1-33-20-12-18(13-21(14-20)34-2)25-29-30-27(37-25)38-24(26(31)32)11-17-6-9-22(23(10-17)35-3)36-15-16-4-7-19(28)8-5-16/h4-14H,15H2,1-3H3,(H,31,32)/b24-11-. The molecule has 0 amide bonds. The van der Waals surface area contributed by atoms with Gasteiger partial charge in [0.05, 0.1) is 21.3 Å². The minimum absolute atomic E-state index is 0.0275. The summed E-state index contributed by atoms with van der Waals surface area (Å²) in [5, 5.41) is 18.5. The molecule has 0 saturated carbocycles. The number of methoxy groups -OCH3 is 3. The summed E-state index contributed by atoms with van der Waals surface area (Å²) >= 11 is 6.76. The Morgan fingerprint density at radius 2 is 1.66 bits per heavy atom. The highest BCUT2D eigenvalue weighted by atomic mass is 35.5. The molecule has 196 valence electrons. The van der Waals surface area contributed by atoms with Gasteiger partial charge in [-0.25, -0.2) is 4.79 Å². The number of carboxylic acids is 1. The summed E-state index contributed by atoms with van der Waals surface area (Å²) in [6.45, 7) is 0.317. The van der Waals surface area contributed by atoms with E-state index in [1.807, 2.05) is 12.1 Å². The highest BCUT2D eigenvalue weighted by molar-refractivity contribution is 8.03. The monoisotopic (exact) mass is 554 g/mol. The number of ether oxygens (including phenoxy) is 4. The second-order valence-electron chi connectivity index (χ2n) is 7.72. The smallest absolute Gasteiger partial charge is 0.342 e. The number of aliphatic carboxylic acids is 1. The van der Waals surface area contributed by atoms with E-state index in [1.54, 1.807) is 48.5 Å². The lowest BCUT2D eigenvalue weighted by Gasteiger charge is -2.12. The van der Waals surface area contributed by atoms with Gasteiger partial charge in [0.2, 0.25) is 5.89 Å². The average Bonchev–Trinajstić information content (AvgIpc) is 3.41. The number of carbonyl (C=O) groups is 1. The fourth-order valence-corrected chi connectivity index (χ4v) is 4.11. The third-order valence-corrected chi connectivity index (χ3v) is 6.31. The Bertz CT molecular complexity index is 1430. The number of hydrogen-bond acceptors (Lipinski definition) is 9. The number of rotatable bonds is 11. The van der Waals surface area contributed by atoms with Crippen LogP contribution in [-0.4, -0.2) is 42.6 Å². The van der Waals surface area contributed by atoms with Crippen LogP contribution in [0.25, 0.3) is 17.5 Å². The fraction of sp³-hybridized carbons (Fsp3) is 0.148. The maximum absolute atomic E-state index is 12.0. The predicted octanol–water partition coefficient (Wildman–Crippen LogP) is 6.21. The molecule has 4 aromatic rings. The lowest BCUT2D eigenvalue weighted by Crippen LogP contribution is -1.99. The number of aromatic nitrogens is 2. The summed E-state index contributed by atoms with van der Waals surface area (Å²) in [7, 11) is 4.58. The molecule has 9 nitrogen and oxygen atoms in total. The fourth-order valence-electron chi connectivity index (χ4n) is 3.31. The largest absolute Gasteiger partial charge is 0.497 e. The van der Waals surface area contributed by atoms with Crippen molar-refractivity contribution in [2.45, 2.75) is 11.8 Å². The van der Waals surface area contributed by atoms with Crippen molar-refractivity contribution in [2.24, 2.45) is 0 Å². The van der Waals surface area contributed by atoms with Crippen LogP contribution in [0.5, 0.6) is 23.0 Å². The van der Waals surface area contributed by atoms with E-state index in [4.69, 9.17) is 35.0 Å². The molecule has 0 aliphatic rings. The summed E-state index contributed by atoms with van der Waals surface area (Å²) in [4.78, 5) is 12.0. The molecule has 0 unspecified atom stereocenters. The van der Waals surface area contributed by atoms with Crippen LogP contribution in [0.3, 0.4) is 0 Å². The highest BCUT2D eigenvalue weighted by Gasteiger charge is 2.18. The Morgan fingerprint density at radius 3 is 2.29 bits per heavy atom. The van der Waals surface area contributed by atoms with E-state index in [0.29, 0.717) is 45.8 Å². The summed E-state index contributed by atoms with van der Waals surface area (Å²) in [5.41, 5.74) is 2.10. The first-order valence-corrected chi connectivity index (χ1v) is 12.3. The number of halogens is 1. The Hall–Kier alpha value is -4.15. The predicted molar refractivity (Wildman–Crippen MR) is 143 cm³/mol. The molecule has 0 aliphatic carbocycles. The van der Waals surface area contributed by atoms with Crippen molar-refractivity contribution in [1.82, 2.24) is 10.2 Å². The molecule has 38 heavy (non-hydrogen) atoms. The summed E-state index contributed by atoms with van der Waals surface area (Å²) < 4.78 is 27.6. The van der Waals surface area contributed by atoms with Gasteiger partial charge in [0, 0.05) is 16.7 Å². The molecule has 4 rings (SSSR count). The van der Waals surface area contributed by atoms with Gasteiger partial charge in [0.25, 0.3) is 5.22 Å². The van der Waals surface area contributed by atoms with Crippen LogP contribution in [0.2, 0.25) is 5.02 Å². The summed E-state index contributed by atoms with van der Waals surface area (Å²) in [6.07, 6.45) is 1.48. The van der Waals surface area contributed by atoms with E-state index in [9.17, 15) is 9.90 Å². The van der Waals surface area contributed by atoms with E-state index in [1.165, 1.54) is 27.4 Å². The molecule has 0 spiro atoms. The molecule has 11 heteroatoms. The molecule has 0 saturated heterocycles. The SMILES string of the molecule is COc1cc(OC)cc(-c2nnc(S/C(=C\c3ccc(OCc4ccc(Cl)cc4)c(OC)c3)C(=O)O)o2)c1. The van der Waals surface area contributed by atoms with Crippen molar-refractivity contribution in [3.05, 3.63) is 81.7 Å². The molecule has 1 N–H and O–H groups in total. The Morgan fingerprint density at radius 1 is 0.947 bits per heavy atom. The molecule has 3 aromatic carbocycles. The van der Waals surface area contributed by atoms with Gasteiger partial charge >= 0.3 is 5.97 Å². The molecule has 0 radical (unpaired) electrons. The van der Waals surface area contributed by atoms with Crippen LogP contribution >= 0.6 is 23.4 Å². The van der Waals surface area contributed by atoms with Gasteiger partial charge in [0.1, 0.15) is 23.0 Å². The zero-order valence-electron chi connectivity index (χ0n) is 20.6. The third kappa shape index (κ3) is 6.78. The topological polar surface area (TPSA) is 113 Å². The van der Waals surface area contributed by atoms with Crippen LogP contribution in [-0.2, 0) is 11.4 Å². The van der Waals surface area contributed by atoms with Crippen molar-refractivity contribution < 1.29 is 33.3 Å². The molecule has 0 fully saturated rings. The van der Waals surface area contributed by atoms with Crippen LogP contribution in [0.1, 0.15) is 11.1 Å². The number of nitrogens with zero attached hydrogens (tertiary/aromatic N) is 2. The quantitative estimate of drug-likeness (QED) is 0.169. The molecule has 0 aliphatic heterocycles. The van der Waals surface area contributed by atoms with Gasteiger partial charge in [-0.05, 0) is 65.4 Å². The maximum atomic E-state index is 12.0. The van der Waals surface area contributed by atoms with Gasteiger partial charge < -0.3 is 28.5 Å². The molecule has 1 aromatic heterocycles. The van der Waals surface area contributed by atoms with Gasteiger partial charge in [-0.2, -0.15) is 0 Å². The zero-order chi connectivity index (χ0) is 27.1. The van der Waals surface area contributed by atoms with E-state index < -0.39 is 5.97 Å². The van der Waals surface area contributed by atoms with Gasteiger partial charge in [-0.1, -0.05) is 29.8 Å². The second-order valence-corrected chi connectivity index (χ2v) is 9.15. The Labute approximate surface area is 228 Å². The van der Waals surface area contributed by atoms with Crippen molar-refractivity contribution in [1.29, 1.82) is 0 Å². The number of benzene rings is 3. The van der Waals surface area contributed by atoms with E-state index in [2.05, 4.69) is 10.2 Å². The van der Waals surface area contributed by atoms with Crippen LogP contribution < -0.4 is 18.9 Å². The lowest BCUT2D eigenvalue weighted by atomic mass is 10.2. The van der Waals surface area contributed by atoms with Crippen molar-refractivity contribution in [3.63, 3.8) is 0 Å². The third-order valence-electron chi connectivity index (χ3n) is 5.21. The number of thioether (sulfide) groups is 1. The van der Waals surface area contributed by atoms with Crippen molar-refractivity contribution >= 4 is 35.4 Å². The molecular weight excluding hydrogens is 532 g/mol. The molecule has 1 heterocycles. The summed E-state index contributed by atoms with van der Waals surface area (Å²) in [5.74, 6) is 1.10. The van der Waals surface area contributed by atoms with Crippen LogP contribution in [0.4, 0.5) is 0 Å². The van der Waals surface area contributed by atoms with Crippen molar-refractivity contribution in [2.75, 3.05) is 21.3 Å². The van der Waals surface area contributed by atoms with E-state index in [-0.39, 0.29) is 16.0 Å². The molecule has 0 bridgehead atoms. The minimum atomic E-state index is -1.15. The summed E-state index contributed by atoms with van der Waals surface area (Å²) in [6, 6.07) is 17.6. The maximum Gasteiger partial charge on any atom is 0.342 e. The van der Waals surface area contributed by atoms with Crippen molar-refractivity contribution in [3.8, 4) is 34.5 Å². The minimum Gasteiger partial charge on any atom is -0.497 e. The van der Waals surface area contributed by atoms with E-state index >= 15 is 0 Å². The first kappa shape index (κ1) is 26.9. The van der Waals surface area contributed by atoms with Gasteiger partial charge in [-0.15, -0.1) is 10.2 Å². The second kappa shape index (κ2) is 12.4. The van der Waals surface area contributed by atoms with Gasteiger partial charge in [-0.3, -0.25) is 0 Å². The highest BCUT2D eigenvalue weighted by Crippen LogP contribution is 2.35. The zero-order valence-corrected chi connectivity index (χ0v) is 22.2. The lowest BCUT2D eigenvalue weighted by molar-refractivity contribution is -0.131. The average molecular weight is 555 g/mol. The number of carboxylic acid groups (broad SMARTS) is 1. The Kier molecular flexibility index (Phi) is 8.77. The first-order chi connectivity index (χ1) is 18.4. The van der Waals surface area contributed by atoms with E-state index in [0.717, 1.165) is 17.3 Å². The van der Waals surface area contributed by atoms with Crippen LogP contribution in [0.15, 0.2) is 75.2 Å². The number of hydrogen-bond donors (Lipinski definition) is 1. The first-order valence-electron chi connectivity index (χ1n) is 11.1. The Balaban J connectivity index is 1.52. The van der Waals surface area contributed by atoms with Gasteiger partial charge in [0.15, 0.2) is 11.5 Å². The molecular formula is C27H23ClN2O7S. The molecule has 0 atom stereocenters.